The molecule has 5 nitrogen and oxygen atoms in total. The Morgan fingerprint density at radius 3 is 2.38 bits per heavy atom. The zero-order chi connectivity index (χ0) is 15.8. The quantitative estimate of drug-likeness (QED) is 0.758. The SMILES string of the molecule is CCN(CC)C(=O)C[NH+](C)CC(=O)Nc1ccccc1Br. The normalized spacial score (nSPS) is 11.8. The molecule has 1 aromatic carbocycles. The third-order valence-electron chi connectivity index (χ3n) is 3.18. The molecule has 0 heterocycles. The second-order valence-corrected chi connectivity index (χ2v) is 5.76. The second-order valence-electron chi connectivity index (χ2n) is 4.90. The van der Waals surface area contributed by atoms with Crippen molar-refractivity contribution in [1.29, 1.82) is 0 Å². The molecule has 1 atom stereocenters. The van der Waals surface area contributed by atoms with Crippen LogP contribution in [-0.2, 0) is 9.59 Å². The molecule has 1 unspecified atom stereocenters. The van der Waals surface area contributed by atoms with Gasteiger partial charge in [0.2, 0.25) is 0 Å². The van der Waals surface area contributed by atoms with Gasteiger partial charge >= 0.3 is 0 Å². The molecule has 0 aliphatic heterocycles. The van der Waals surface area contributed by atoms with E-state index in [9.17, 15) is 9.59 Å². The van der Waals surface area contributed by atoms with Crippen LogP contribution < -0.4 is 10.2 Å². The van der Waals surface area contributed by atoms with Crippen molar-refractivity contribution in [3.63, 3.8) is 0 Å². The average Bonchev–Trinajstić information content (AvgIpc) is 2.42. The lowest BCUT2D eigenvalue weighted by atomic mass is 10.3. The van der Waals surface area contributed by atoms with Gasteiger partial charge in [0.25, 0.3) is 11.8 Å². The zero-order valence-corrected chi connectivity index (χ0v) is 14.4. The van der Waals surface area contributed by atoms with E-state index in [1.54, 1.807) is 4.90 Å². The fourth-order valence-electron chi connectivity index (χ4n) is 2.04. The Bertz CT molecular complexity index is 490. The summed E-state index contributed by atoms with van der Waals surface area (Å²) < 4.78 is 0.843. The molecule has 0 aliphatic carbocycles. The highest BCUT2D eigenvalue weighted by molar-refractivity contribution is 9.10. The minimum Gasteiger partial charge on any atom is -0.338 e. The minimum atomic E-state index is -0.105. The fraction of sp³-hybridized carbons (Fsp3) is 0.467. The summed E-state index contributed by atoms with van der Waals surface area (Å²) in [7, 11) is 1.85. The van der Waals surface area contributed by atoms with Gasteiger partial charge in [0.05, 0.1) is 12.7 Å². The number of hydrogen-bond acceptors (Lipinski definition) is 2. The minimum absolute atomic E-state index is 0.0752. The Kier molecular flexibility index (Phi) is 7.39. The number of rotatable bonds is 7. The van der Waals surface area contributed by atoms with E-state index < -0.39 is 0 Å². The number of amides is 2. The Labute approximate surface area is 134 Å². The van der Waals surface area contributed by atoms with Gasteiger partial charge in [-0.15, -0.1) is 0 Å². The van der Waals surface area contributed by atoms with Crippen molar-refractivity contribution >= 4 is 33.4 Å². The van der Waals surface area contributed by atoms with Crippen LogP contribution in [0.1, 0.15) is 13.8 Å². The van der Waals surface area contributed by atoms with Gasteiger partial charge in [-0.3, -0.25) is 9.59 Å². The number of benzene rings is 1. The van der Waals surface area contributed by atoms with Crippen molar-refractivity contribution < 1.29 is 14.5 Å². The van der Waals surface area contributed by atoms with E-state index in [2.05, 4.69) is 21.2 Å². The van der Waals surface area contributed by atoms with E-state index in [1.807, 2.05) is 45.2 Å². The van der Waals surface area contributed by atoms with Crippen LogP contribution in [0.4, 0.5) is 5.69 Å². The Morgan fingerprint density at radius 2 is 1.81 bits per heavy atom. The number of quaternary nitrogens is 1. The van der Waals surface area contributed by atoms with Crippen molar-refractivity contribution in [3.05, 3.63) is 28.7 Å². The van der Waals surface area contributed by atoms with Gasteiger partial charge < -0.3 is 15.1 Å². The lowest BCUT2D eigenvalue weighted by molar-refractivity contribution is -0.862. The number of likely N-dealkylation sites (N-methyl/N-ethyl adjacent to an activating group) is 2. The first-order chi connectivity index (χ1) is 9.97. The molecule has 0 saturated heterocycles. The number of carbonyl (C=O) groups is 2. The predicted octanol–water partition coefficient (Wildman–Crippen LogP) is 0.771. The summed E-state index contributed by atoms with van der Waals surface area (Å²) >= 11 is 3.39. The topological polar surface area (TPSA) is 53.9 Å². The van der Waals surface area contributed by atoms with Crippen molar-refractivity contribution in [2.75, 3.05) is 38.5 Å². The summed E-state index contributed by atoms with van der Waals surface area (Å²) in [6.45, 7) is 5.89. The summed E-state index contributed by atoms with van der Waals surface area (Å²) in [6.07, 6.45) is 0. The number of para-hydroxylation sites is 1. The first kappa shape index (κ1) is 17.7. The van der Waals surface area contributed by atoms with Gasteiger partial charge in [-0.05, 0) is 41.9 Å². The van der Waals surface area contributed by atoms with Crippen LogP contribution in [0.5, 0.6) is 0 Å². The molecule has 0 saturated carbocycles. The number of nitrogens with one attached hydrogen (secondary N) is 2. The Balaban J connectivity index is 2.47. The van der Waals surface area contributed by atoms with Gasteiger partial charge in [0.15, 0.2) is 13.1 Å². The van der Waals surface area contributed by atoms with Crippen LogP contribution in [0, 0.1) is 0 Å². The molecular weight excluding hydrogens is 334 g/mol. The molecule has 0 aliphatic rings. The highest BCUT2D eigenvalue weighted by atomic mass is 79.9. The highest BCUT2D eigenvalue weighted by Crippen LogP contribution is 2.20. The number of hydrogen-bond donors (Lipinski definition) is 2. The summed E-state index contributed by atoms with van der Waals surface area (Å²) in [4.78, 5) is 26.6. The zero-order valence-electron chi connectivity index (χ0n) is 12.8. The maximum Gasteiger partial charge on any atom is 0.279 e. The monoisotopic (exact) mass is 356 g/mol. The van der Waals surface area contributed by atoms with E-state index >= 15 is 0 Å². The van der Waals surface area contributed by atoms with E-state index in [0.29, 0.717) is 19.6 Å². The van der Waals surface area contributed by atoms with E-state index in [4.69, 9.17) is 0 Å². The van der Waals surface area contributed by atoms with Gasteiger partial charge in [0.1, 0.15) is 0 Å². The summed E-state index contributed by atoms with van der Waals surface area (Å²) in [6, 6.07) is 7.45. The standard InChI is InChI=1S/C15H22BrN3O2/c1-4-19(5-2)15(21)11-18(3)10-14(20)17-13-9-7-6-8-12(13)16/h6-9H,4-5,10-11H2,1-3H3,(H,17,20)/p+1. The lowest BCUT2D eigenvalue weighted by Crippen LogP contribution is -3.11. The van der Waals surface area contributed by atoms with E-state index in [0.717, 1.165) is 15.1 Å². The molecule has 0 aromatic heterocycles. The molecule has 2 N–H and O–H groups in total. The van der Waals surface area contributed by atoms with Gasteiger partial charge in [-0.2, -0.15) is 0 Å². The molecule has 21 heavy (non-hydrogen) atoms. The van der Waals surface area contributed by atoms with Crippen molar-refractivity contribution in [2.45, 2.75) is 13.8 Å². The van der Waals surface area contributed by atoms with Crippen molar-refractivity contribution in [1.82, 2.24) is 4.90 Å². The third kappa shape index (κ3) is 5.85. The molecule has 0 bridgehead atoms. The lowest BCUT2D eigenvalue weighted by Gasteiger charge is -2.21. The Morgan fingerprint density at radius 1 is 1.19 bits per heavy atom. The number of anilines is 1. The third-order valence-corrected chi connectivity index (χ3v) is 3.87. The van der Waals surface area contributed by atoms with Crippen LogP contribution in [0.3, 0.4) is 0 Å². The summed E-state index contributed by atoms with van der Waals surface area (Å²) in [5, 5.41) is 2.84. The van der Waals surface area contributed by atoms with Crippen LogP contribution in [-0.4, -0.2) is 49.9 Å². The second kappa shape index (κ2) is 8.79. The summed E-state index contributed by atoms with van der Waals surface area (Å²) in [5.74, 6) is -0.0297. The van der Waals surface area contributed by atoms with Gasteiger partial charge in [-0.1, -0.05) is 12.1 Å². The molecule has 1 aromatic rings. The molecule has 116 valence electrons. The molecule has 0 radical (unpaired) electrons. The summed E-state index contributed by atoms with van der Waals surface area (Å²) in [5.41, 5.74) is 0.741. The van der Waals surface area contributed by atoms with Crippen LogP contribution in [0.2, 0.25) is 0 Å². The highest BCUT2D eigenvalue weighted by Gasteiger charge is 2.18. The Hall–Kier alpha value is -1.40. The van der Waals surface area contributed by atoms with Crippen LogP contribution >= 0.6 is 15.9 Å². The first-order valence-electron chi connectivity index (χ1n) is 7.11. The fourth-order valence-corrected chi connectivity index (χ4v) is 2.42. The van der Waals surface area contributed by atoms with Crippen molar-refractivity contribution in [3.8, 4) is 0 Å². The first-order valence-corrected chi connectivity index (χ1v) is 7.90. The van der Waals surface area contributed by atoms with Gasteiger partial charge in [-0.25, -0.2) is 0 Å². The molecule has 1 rings (SSSR count). The molecule has 2 amide bonds. The smallest absolute Gasteiger partial charge is 0.279 e. The van der Waals surface area contributed by atoms with E-state index in [1.165, 1.54) is 0 Å². The number of carbonyl (C=O) groups excluding carboxylic acids is 2. The molecule has 0 spiro atoms. The van der Waals surface area contributed by atoms with Crippen molar-refractivity contribution in [2.24, 2.45) is 0 Å². The van der Waals surface area contributed by atoms with E-state index in [-0.39, 0.29) is 18.4 Å². The maximum atomic E-state index is 12.0. The maximum absolute atomic E-state index is 12.0. The van der Waals surface area contributed by atoms with Crippen LogP contribution in [0.25, 0.3) is 0 Å². The number of nitrogens with zero attached hydrogens (tertiary/aromatic N) is 1. The van der Waals surface area contributed by atoms with Crippen LogP contribution in [0.15, 0.2) is 28.7 Å². The molecule has 6 heteroatoms. The largest absolute Gasteiger partial charge is 0.338 e. The predicted molar refractivity (Wildman–Crippen MR) is 87.3 cm³/mol. The average molecular weight is 357 g/mol. The van der Waals surface area contributed by atoms with Gasteiger partial charge in [0, 0.05) is 17.6 Å². The number of halogens is 1. The molecular formula is C15H23BrN3O2+. The molecule has 0 fully saturated rings.